The zero-order chi connectivity index (χ0) is 8.01. The highest BCUT2D eigenvalue weighted by Gasteiger charge is 2.41. The van der Waals surface area contributed by atoms with Crippen LogP contribution in [0.2, 0.25) is 0 Å². The number of fused-ring (bicyclic) bond motifs is 1. The number of hydrogen-bond donors (Lipinski definition) is 1. The molecule has 11 heavy (non-hydrogen) atoms. The molecule has 1 heteroatoms. The maximum atomic E-state index is 9.66. The third kappa shape index (κ3) is 0.943. The van der Waals surface area contributed by atoms with Crippen LogP contribution in [0.1, 0.15) is 26.7 Å². The lowest BCUT2D eigenvalue weighted by Gasteiger charge is -2.18. The van der Waals surface area contributed by atoms with Crippen LogP contribution < -0.4 is 0 Å². The molecule has 2 aliphatic carbocycles. The van der Waals surface area contributed by atoms with Crippen LogP contribution >= 0.6 is 0 Å². The van der Waals surface area contributed by atoms with E-state index in [2.05, 4.69) is 13.8 Å². The Labute approximate surface area is 68.1 Å². The van der Waals surface area contributed by atoms with Gasteiger partial charge >= 0.3 is 0 Å². The van der Waals surface area contributed by atoms with Gasteiger partial charge in [-0.15, -0.1) is 0 Å². The number of aliphatic hydroxyl groups excluding tert-OH is 1. The van der Waals surface area contributed by atoms with Gasteiger partial charge in [0.1, 0.15) is 0 Å². The van der Waals surface area contributed by atoms with Crippen molar-refractivity contribution in [3.05, 3.63) is 11.6 Å². The first-order chi connectivity index (χ1) is 5.20. The summed E-state index contributed by atoms with van der Waals surface area (Å²) in [4.78, 5) is 0. The summed E-state index contributed by atoms with van der Waals surface area (Å²) < 4.78 is 0. The highest BCUT2D eigenvalue weighted by atomic mass is 16.3. The van der Waals surface area contributed by atoms with Crippen molar-refractivity contribution in [2.45, 2.75) is 32.8 Å². The van der Waals surface area contributed by atoms with Gasteiger partial charge in [-0.25, -0.2) is 0 Å². The van der Waals surface area contributed by atoms with E-state index in [1.54, 1.807) is 0 Å². The Kier molecular flexibility index (Phi) is 1.57. The lowest BCUT2D eigenvalue weighted by molar-refractivity contribution is 0.129. The summed E-state index contributed by atoms with van der Waals surface area (Å²) in [6.07, 6.45) is 4.51. The fourth-order valence-electron chi connectivity index (χ4n) is 2.83. The SMILES string of the molecule is CC1=CC(O)[C@H]2[C@@H](C)CC[C@@H]12. The molecule has 0 spiro atoms. The Morgan fingerprint density at radius 1 is 1.45 bits per heavy atom. The summed E-state index contributed by atoms with van der Waals surface area (Å²) >= 11 is 0. The van der Waals surface area contributed by atoms with Crippen LogP contribution in [0.4, 0.5) is 0 Å². The first kappa shape index (κ1) is 7.35. The highest BCUT2D eigenvalue weighted by molar-refractivity contribution is 5.20. The maximum absolute atomic E-state index is 9.66. The summed E-state index contributed by atoms with van der Waals surface area (Å²) in [5.74, 6) is 1.98. The first-order valence-corrected chi connectivity index (χ1v) is 4.56. The van der Waals surface area contributed by atoms with E-state index in [1.807, 2.05) is 6.08 Å². The van der Waals surface area contributed by atoms with Crippen molar-refractivity contribution in [1.29, 1.82) is 0 Å². The Hall–Kier alpha value is -0.300. The average molecular weight is 152 g/mol. The molecule has 0 bridgehead atoms. The van der Waals surface area contributed by atoms with Gasteiger partial charge in [0.25, 0.3) is 0 Å². The molecule has 1 fully saturated rings. The van der Waals surface area contributed by atoms with E-state index in [-0.39, 0.29) is 6.10 Å². The standard InChI is InChI=1S/C10H16O/c1-6-3-4-8-7(2)5-9(11)10(6)8/h5-6,8-11H,3-4H2,1-2H3/t6-,8-,9?,10-/m0/s1. The topological polar surface area (TPSA) is 20.2 Å². The molecule has 0 radical (unpaired) electrons. The molecule has 1 unspecified atom stereocenters. The summed E-state index contributed by atoms with van der Waals surface area (Å²) in [6.45, 7) is 4.42. The average Bonchev–Trinajstić information content (AvgIpc) is 2.41. The fourth-order valence-corrected chi connectivity index (χ4v) is 2.83. The molecule has 0 aromatic heterocycles. The van der Waals surface area contributed by atoms with Gasteiger partial charge in [-0.05, 0) is 37.5 Å². The first-order valence-electron chi connectivity index (χ1n) is 4.56. The van der Waals surface area contributed by atoms with Crippen LogP contribution in [-0.4, -0.2) is 11.2 Å². The smallest absolute Gasteiger partial charge is 0.0759 e. The second-order valence-corrected chi connectivity index (χ2v) is 4.14. The third-order valence-electron chi connectivity index (χ3n) is 3.47. The summed E-state index contributed by atoms with van der Waals surface area (Å²) in [7, 11) is 0. The van der Waals surface area contributed by atoms with E-state index < -0.39 is 0 Å². The predicted octanol–water partition coefficient (Wildman–Crippen LogP) is 1.97. The molecule has 0 amide bonds. The van der Waals surface area contributed by atoms with Gasteiger partial charge in [0.2, 0.25) is 0 Å². The van der Waals surface area contributed by atoms with E-state index in [9.17, 15) is 5.11 Å². The molecular formula is C10H16O. The summed E-state index contributed by atoms with van der Waals surface area (Å²) in [5.41, 5.74) is 1.42. The van der Waals surface area contributed by atoms with Crippen LogP contribution in [0.5, 0.6) is 0 Å². The molecule has 2 aliphatic rings. The van der Waals surface area contributed by atoms with E-state index in [4.69, 9.17) is 0 Å². The number of aliphatic hydroxyl groups is 1. The normalized spacial score (nSPS) is 49.2. The molecule has 0 aromatic rings. The second kappa shape index (κ2) is 2.34. The van der Waals surface area contributed by atoms with Crippen LogP contribution in [0.25, 0.3) is 0 Å². The second-order valence-electron chi connectivity index (χ2n) is 4.14. The minimum absolute atomic E-state index is 0.141. The fraction of sp³-hybridized carbons (Fsp3) is 0.800. The van der Waals surface area contributed by atoms with Crippen molar-refractivity contribution >= 4 is 0 Å². The van der Waals surface area contributed by atoms with Crippen molar-refractivity contribution in [1.82, 2.24) is 0 Å². The molecular weight excluding hydrogens is 136 g/mol. The third-order valence-corrected chi connectivity index (χ3v) is 3.47. The lowest BCUT2D eigenvalue weighted by Crippen LogP contribution is -2.20. The zero-order valence-electron chi connectivity index (χ0n) is 7.25. The highest BCUT2D eigenvalue weighted by Crippen LogP contribution is 2.47. The van der Waals surface area contributed by atoms with Crippen LogP contribution in [0, 0.1) is 17.8 Å². The van der Waals surface area contributed by atoms with Gasteiger partial charge in [0, 0.05) is 0 Å². The number of rotatable bonds is 0. The van der Waals surface area contributed by atoms with E-state index in [0.717, 1.165) is 5.92 Å². The van der Waals surface area contributed by atoms with Gasteiger partial charge in [0.05, 0.1) is 6.10 Å². The number of allylic oxidation sites excluding steroid dienone is 1. The number of hydrogen-bond acceptors (Lipinski definition) is 1. The van der Waals surface area contributed by atoms with E-state index >= 15 is 0 Å². The van der Waals surface area contributed by atoms with Crippen molar-refractivity contribution < 1.29 is 5.11 Å². The molecule has 0 aromatic carbocycles. The molecule has 1 nitrogen and oxygen atoms in total. The Morgan fingerprint density at radius 3 is 2.82 bits per heavy atom. The minimum atomic E-state index is -0.141. The van der Waals surface area contributed by atoms with Crippen molar-refractivity contribution in [2.75, 3.05) is 0 Å². The lowest BCUT2D eigenvalue weighted by atomic mass is 9.89. The van der Waals surface area contributed by atoms with Crippen molar-refractivity contribution in [3.8, 4) is 0 Å². The van der Waals surface area contributed by atoms with Crippen LogP contribution in [0.3, 0.4) is 0 Å². The Morgan fingerprint density at radius 2 is 2.18 bits per heavy atom. The van der Waals surface area contributed by atoms with Gasteiger partial charge in [-0.2, -0.15) is 0 Å². The van der Waals surface area contributed by atoms with Gasteiger partial charge < -0.3 is 5.11 Å². The molecule has 4 atom stereocenters. The van der Waals surface area contributed by atoms with Gasteiger partial charge in [0.15, 0.2) is 0 Å². The molecule has 62 valence electrons. The largest absolute Gasteiger partial charge is 0.389 e. The summed E-state index contributed by atoms with van der Waals surface area (Å²) in [5, 5.41) is 9.66. The molecule has 0 aliphatic heterocycles. The van der Waals surface area contributed by atoms with Gasteiger partial charge in [-0.3, -0.25) is 0 Å². The van der Waals surface area contributed by atoms with Crippen molar-refractivity contribution in [3.63, 3.8) is 0 Å². The predicted molar refractivity (Wildman–Crippen MR) is 45.1 cm³/mol. The minimum Gasteiger partial charge on any atom is -0.389 e. The van der Waals surface area contributed by atoms with Crippen LogP contribution in [0.15, 0.2) is 11.6 Å². The zero-order valence-corrected chi connectivity index (χ0v) is 7.25. The molecule has 2 rings (SSSR count). The molecule has 0 heterocycles. The van der Waals surface area contributed by atoms with Crippen LogP contribution in [-0.2, 0) is 0 Å². The monoisotopic (exact) mass is 152 g/mol. The summed E-state index contributed by atoms with van der Waals surface area (Å²) in [6, 6.07) is 0. The molecule has 0 saturated heterocycles. The molecule has 1 saturated carbocycles. The van der Waals surface area contributed by atoms with E-state index in [0.29, 0.717) is 11.8 Å². The Balaban J connectivity index is 2.23. The molecule has 1 N–H and O–H groups in total. The maximum Gasteiger partial charge on any atom is 0.0759 e. The quantitative estimate of drug-likeness (QED) is 0.526. The van der Waals surface area contributed by atoms with Crippen molar-refractivity contribution in [2.24, 2.45) is 17.8 Å². The Bertz CT molecular complexity index is 195. The van der Waals surface area contributed by atoms with Gasteiger partial charge in [-0.1, -0.05) is 18.6 Å². The van der Waals surface area contributed by atoms with E-state index in [1.165, 1.54) is 18.4 Å².